The van der Waals surface area contributed by atoms with Crippen LogP contribution in [0.3, 0.4) is 0 Å². The number of pyridine rings is 1. The number of hydrogen-bond donors (Lipinski definition) is 1. The quantitative estimate of drug-likeness (QED) is 0.938. The van der Waals surface area contributed by atoms with Crippen molar-refractivity contribution in [2.75, 3.05) is 0 Å². The fraction of sp³-hybridized carbons (Fsp3) is 0.579. The molecular weight excluding hydrogens is 286 g/mol. The van der Waals surface area contributed by atoms with E-state index in [4.69, 9.17) is 0 Å². The molecule has 4 nitrogen and oxygen atoms in total. The van der Waals surface area contributed by atoms with Crippen molar-refractivity contribution in [3.8, 4) is 0 Å². The number of fused-ring (bicyclic) bond motifs is 1. The van der Waals surface area contributed by atoms with Gasteiger partial charge < -0.3 is 9.72 Å². The fourth-order valence-corrected chi connectivity index (χ4v) is 3.61. The van der Waals surface area contributed by atoms with Gasteiger partial charge in [-0.25, -0.2) is 4.98 Å². The lowest BCUT2D eigenvalue weighted by Crippen LogP contribution is -2.36. The van der Waals surface area contributed by atoms with Crippen LogP contribution >= 0.6 is 0 Å². The molecule has 4 heteroatoms. The second-order valence-corrected chi connectivity index (χ2v) is 6.82. The largest absolute Gasteiger partial charge is 0.353 e. The summed E-state index contributed by atoms with van der Waals surface area (Å²) in [5, 5.41) is 3.25. The molecule has 0 atom stereocenters. The van der Waals surface area contributed by atoms with Crippen molar-refractivity contribution < 1.29 is 4.79 Å². The van der Waals surface area contributed by atoms with E-state index in [1.165, 1.54) is 32.1 Å². The molecule has 124 valence electrons. The highest BCUT2D eigenvalue weighted by Gasteiger charge is 2.17. The fourth-order valence-electron chi connectivity index (χ4n) is 3.61. The van der Waals surface area contributed by atoms with Gasteiger partial charge in [-0.05, 0) is 38.3 Å². The minimum absolute atomic E-state index is 0.127. The van der Waals surface area contributed by atoms with Crippen LogP contribution in [0.1, 0.15) is 61.9 Å². The van der Waals surface area contributed by atoms with Crippen LogP contribution < -0.4 is 5.32 Å². The summed E-state index contributed by atoms with van der Waals surface area (Å²) in [5.41, 5.74) is 4.06. The number of rotatable bonds is 3. The average Bonchev–Trinajstić information content (AvgIpc) is 2.80. The van der Waals surface area contributed by atoms with Crippen LogP contribution in [0.2, 0.25) is 0 Å². The van der Waals surface area contributed by atoms with E-state index in [-0.39, 0.29) is 5.91 Å². The van der Waals surface area contributed by atoms with E-state index in [9.17, 15) is 4.79 Å². The molecule has 2 aromatic heterocycles. The zero-order valence-corrected chi connectivity index (χ0v) is 14.3. The molecule has 2 aromatic rings. The van der Waals surface area contributed by atoms with Gasteiger partial charge in [0.1, 0.15) is 5.65 Å². The van der Waals surface area contributed by atoms with Crippen LogP contribution in [-0.2, 0) is 11.2 Å². The standard InChI is InChI=1S/C19H27N3O/c1-14-9-8-12-22-17(15(2)20-19(14)22)13-18(23)21-16-10-6-4-3-5-7-11-16/h8-9,12,16H,3-7,10-11,13H2,1-2H3,(H,21,23). The van der Waals surface area contributed by atoms with E-state index in [0.29, 0.717) is 12.5 Å². The molecule has 1 amide bonds. The Hall–Kier alpha value is -1.84. The van der Waals surface area contributed by atoms with Gasteiger partial charge in [0.05, 0.1) is 17.8 Å². The number of amides is 1. The predicted octanol–water partition coefficient (Wildman–Crippen LogP) is 3.72. The lowest BCUT2D eigenvalue weighted by Gasteiger charge is -2.21. The van der Waals surface area contributed by atoms with Crippen LogP contribution in [-0.4, -0.2) is 21.3 Å². The van der Waals surface area contributed by atoms with Crippen LogP contribution in [0.5, 0.6) is 0 Å². The van der Waals surface area contributed by atoms with Crippen molar-refractivity contribution in [2.24, 2.45) is 0 Å². The Morgan fingerprint density at radius 2 is 1.91 bits per heavy atom. The molecule has 0 radical (unpaired) electrons. The Kier molecular flexibility index (Phi) is 4.99. The van der Waals surface area contributed by atoms with Crippen LogP contribution in [0.15, 0.2) is 18.3 Å². The van der Waals surface area contributed by atoms with Gasteiger partial charge in [-0.15, -0.1) is 0 Å². The highest BCUT2D eigenvalue weighted by Crippen LogP contribution is 2.18. The van der Waals surface area contributed by atoms with Crippen molar-refractivity contribution in [3.05, 3.63) is 35.3 Å². The summed E-state index contributed by atoms with van der Waals surface area (Å²) >= 11 is 0. The second kappa shape index (κ2) is 7.16. The minimum Gasteiger partial charge on any atom is -0.353 e. The van der Waals surface area contributed by atoms with E-state index in [1.54, 1.807) is 0 Å². The number of aryl methyl sites for hydroxylation is 2. The summed E-state index contributed by atoms with van der Waals surface area (Å²) in [5.74, 6) is 0.127. The Morgan fingerprint density at radius 1 is 1.22 bits per heavy atom. The highest BCUT2D eigenvalue weighted by molar-refractivity contribution is 5.79. The molecule has 1 N–H and O–H groups in total. The second-order valence-electron chi connectivity index (χ2n) is 6.82. The Balaban J connectivity index is 1.70. The predicted molar refractivity (Wildman–Crippen MR) is 92.6 cm³/mol. The van der Waals surface area contributed by atoms with Crippen molar-refractivity contribution in [1.29, 1.82) is 0 Å². The first-order valence-corrected chi connectivity index (χ1v) is 8.87. The van der Waals surface area contributed by atoms with Crippen molar-refractivity contribution in [2.45, 2.75) is 71.3 Å². The van der Waals surface area contributed by atoms with Gasteiger partial charge in [-0.1, -0.05) is 38.2 Å². The monoisotopic (exact) mass is 313 g/mol. The van der Waals surface area contributed by atoms with Gasteiger partial charge in [-0.2, -0.15) is 0 Å². The molecule has 0 bridgehead atoms. The molecule has 1 aliphatic rings. The van der Waals surface area contributed by atoms with Gasteiger partial charge in [0.15, 0.2) is 0 Å². The first kappa shape index (κ1) is 16.0. The smallest absolute Gasteiger partial charge is 0.226 e. The third-order valence-corrected chi connectivity index (χ3v) is 4.94. The molecule has 23 heavy (non-hydrogen) atoms. The van der Waals surface area contributed by atoms with E-state index in [1.807, 2.05) is 19.2 Å². The molecule has 0 unspecified atom stereocenters. The van der Waals surface area contributed by atoms with Gasteiger partial charge in [-0.3, -0.25) is 4.79 Å². The molecule has 1 aliphatic carbocycles. The maximum atomic E-state index is 12.5. The number of nitrogens with one attached hydrogen (secondary N) is 1. The first-order chi connectivity index (χ1) is 11.1. The summed E-state index contributed by atoms with van der Waals surface area (Å²) < 4.78 is 2.06. The molecule has 0 saturated heterocycles. The van der Waals surface area contributed by atoms with Gasteiger partial charge in [0.25, 0.3) is 0 Å². The van der Waals surface area contributed by atoms with Crippen LogP contribution in [0, 0.1) is 13.8 Å². The Bertz CT molecular complexity index is 681. The SMILES string of the molecule is Cc1nc2c(C)cccn2c1CC(=O)NC1CCCCCCC1. The summed E-state index contributed by atoms with van der Waals surface area (Å²) in [4.78, 5) is 17.1. The summed E-state index contributed by atoms with van der Waals surface area (Å²) in [6.07, 6.45) is 11.1. The zero-order chi connectivity index (χ0) is 16.2. The first-order valence-electron chi connectivity index (χ1n) is 8.87. The molecule has 1 saturated carbocycles. The van der Waals surface area contributed by atoms with Crippen molar-refractivity contribution in [1.82, 2.24) is 14.7 Å². The molecule has 0 spiro atoms. The lowest BCUT2D eigenvalue weighted by atomic mass is 9.96. The van der Waals surface area contributed by atoms with E-state index < -0.39 is 0 Å². The van der Waals surface area contributed by atoms with Crippen molar-refractivity contribution >= 4 is 11.6 Å². The summed E-state index contributed by atoms with van der Waals surface area (Å²) in [6.45, 7) is 4.05. The zero-order valence-electron chi connectivity index (χ0n) is 14.3. The summed E-state index contributed by atoms with van der Waals surface area (Å²) in [7, 11) is 0. The number of carbonyl (C=O) groups is 1. The minimum atomic E-state index is 0.127. The Labute approximate surface area is 138 Å². The summed E-state index contributed by atoms with van der Waals surface area (Å²) in [6, 6.07) is 4.42. The lowest BCUT2D eigenvalue weighted by molar-refractivity contribution is -0.121. The van der Waals surface area contributed by atoms with Crippen LogP contribution in [0.4, 0.5) is 0 Å². The van der Waals surface area contributed by atoms with E-state index >= 15 is 0 Å². The van der Waals surface area contributed by atoms with Crippen LogP contribution in [0.25, 0.3) is 5.65 Å². The van der Waals surface area contributed by atoms with E-state index in [0.717, 1.165) is 35.4 Å². The van der Waals surface area contributed by atoms with E-state index in [2.05, 4.69) is 27.7 Å². The molecule has 0 aromatic carbocycles. The number of nitrogens with zero attached hydrogens (tertiary/aromatic N) is 2. The maximum absolute atomic E-state index is 12.5. The number of carbonyl (C=O) groups excluding carboxylic acids is 1. The third-order valence-electron chi connectivity index (χ3n) is 4.94. The average molecular weight is 313 g/mol. The third kappa shape index (κ3) is 3.74. The maximum Gasteiger partial charge on any atom is 0.226 e. The number of aromatic nitrogens is 2. The topological polar surface area (TPSA) is 46.4 Å². The molecule has 2 heterocycles. The van der Waals surface area contributed by atoms with Crippen molar-refractivity contribution in [3.63, 3.8) is 0 Å². The van der Waals surface area contributed by atoms with Gasteiger partial charge >= 0.3 is 0 Å². The molecule has 0 aliphatic heterocycles. The Morgan fingerprint density at radius 3 is 2.65 bits per heavy atom. The van der Waals surface area contributed by atoms with Gasteiger partial charge in [0.2, 0.25) is 5.91 Å². The van der Waals surface area contributed by atoms with Gasteiger partial charge in [0, 0.05) is 12.2 Å². The molecule has 1 fully saturated rings. The molecular formula is C19H27N3O. The number of hydrogen-bond acceptors (Lipinski definition) is 2. The normalized spacial score (nSPS) is 17.0. The highest BCUT2D eigenvalue weighted by atomic mass is 16.1. The molecule has 3 rings (SSSR count). The number of imidazole rings is 1.